The largest absolute Gasteiger partial charge is 0.506 e. The number of benzene rings is 1. The number of carbonyl (C=O) groups excluding carboxylic acids is 1. The van der Waals surface area contributed by atoms with Crippen molar-refractivity contribution >= 4 is 33.4 Å². The predicted octanol–water partition coefficient (Wildman–Crippen LogP) is 2.95. The van der Waals surface area contributed by atoms with Crippen LogP contribution in [0, 0.1) is 0 Å². The van der Waals surface area contributed by atoms with E-state index >= 15 is 0 Å². The molecule has 0 saturated carbocycles. The summed E-state index contributed by atoms with van der Waals surface area (Å²) in [5.74, 6) is -0.209. The van der Waals surface area contributed by atoms with Crippen LogP contribution in [0.1, 0.15) is 23.7 Å². The van der Waals surface area contributed by atoms with Gasteiger partial charge in [0, 0.05) is 16.9 Å². The zero-order valence-corrected chi connectivity index (χ0v) is 11.2. The molecule has 0 spiro atoms. The highest BCUT2D eigenvalue weighted by atomic mass is 79.9. The van der Waals surface area contributed by atoms with Crippen LogP contribution in [-0.4, -0.2) is 22.4 Å². The van der Waals surface area contributed by atoms with E-state index in [1.165, 1.54) is 18.2 Å². The second kappa shape index (κ2) is 6.11. The molecule has 0 aliphatic rings. The molecule has 0 aromatic heterocycles. The summed E-state index contributed by atoms with van der Waals surface area (Å²) in [6, 6.07) is 4.50. The Labute approximate surface area is 108 Å². The van der Waals surface area contributed by atoms with Crippen molar-refractivity contribution in [1.29, 1.82) is 0 Å². The van der Waals surface area contributed by atoms with Crippen molar-refractivity contribution in [3.63, 3.8) is 0 Å². The van der Waals surface area contributed by atoms with E-state index in [-0.39, 0.29) is 22.7 Å². The Morgan fingerprint density at radius 2 is 2.31 bits per heavy atom. The van der Waals surface area contributed by atoms with Crippen molar-refractivity contribution < 1.29 is 9.90 Å². The molecule has 1 atom stereocenters. The highest BCUT2D eigenvalue weighted by Crippen LogP contribution is 2.23. The first-order chi connectivity index (χ1) is 7.58. The topological polar surface area (TPSA) is 49.3 Å². The van der Waals surface area contributed by atoms with Crippen molar-refractivity contribution in [2.75, 3.05) is 5.33 Å². The maximum atomic E-state index is 11.8. The lowest BCUT2D eigenvalue weighted by Gasteiger charge is -2.14. The summed E-state index contributed by atoms with van der Waals surface area (Å²) >= 11 is 9.05. The van der Waals surface area contributed by atoms with Gasteiger partial charge in [0.2, 0.25) is 0 Å². The number of carbonyl (C=O) groups is 1. The molecule has 2 N–H and O–H groups in total. The van der Waals surface area contributed by atoms with E-state index in [9.17, 15) is 9.90 Å². The van der Waals surface area contributed by atoms with Gasteiger partial charge in [-0.25, -0.2) is 0 Å². The van der Waals surface area contributed by atoms with Crippen LogP contribution in [0.15, 0.2) is 18.2 Å². The number of halogens is 2. The number of aromatic hydroxyl groups is 1. The molecule has 1 aromatic carbocycles. The Kier molecular flexibility index (Phi) is 5.09. The smallest absolute Gasteiger partial charge is 0.251 e. The number of phenols is 1. The van der Waals surface area contributed by atoms with Crippen molar-refractivity contribution in [3.05, 3.63) is 28.8 Å². The Balaban J connectivity index is 2.76. The minimum Gasteiger partial charge on any atom is -0.506 e. The second-order valence-electron chi connectivity index (χ2n) is 3.40. The van der Waals surface area contributed by atoms with Gasteiger partial charge >= 0.3 is 0 Å². The van der Waals surface area contributed by atoms with Gasteiger partial charge in [-0.15, -0.1) is 0 Å². The Morgan fingerprint density at radius 3 is 2.81 bits per heavy atom. The average molecular weight is 307 g/mol. The van der Waals surface area contributed by atoms with E-state index in [1.54, 1.807) is 0 Å². The van der Waals surface area contributed by atoms with Crippen molar-refractivity contribution in [1.82, 2.24) is 5.32 Å². The molecule has 5 heteroatoms. The molecule has 0 saturated heterocycles. The fraction of sp³-hybridized carbons (Fsp3) is 0.364. The molecule has 0 heterocycles. The molecule has 0 aliphatic carbocycles. The van der Waals surface area contributed by atoms with Crippen LogP contribution in [0.5, 0.6) is 5.75 Å². The fourth-order valence-corrected chi connectivity index (χ4v) is 1.97. The highest BCUT2D eigenvalue weighted by molar-refractivity contribution is 9.09. The molecule has 88 valence electrons. The number of rotatable bonds is 4. The van der Waals surface area contributed by atoms with Crippen LogP contribution in [0.25, 0.3) is 0 Å². The van der Waals surface area contributed by atoms with Gasteiger partial charge in [-0.1, -0.05) is 34.5 Å². The van der Waals surface area contributed by atoms with Crippen molar-refractivity contribution in [3.8, 4) is 5.75 Å². The molecule has 1 unspecified atom stereocenters. The summed E-state index contributed by atoms with van der Waals surface area (Å²) in [6.07, 6.45) is 0.850. The molecule has 1 rings (SSSR count). The van der Waals surface area contributed by atoms with Gasteiger partial charge in [-0.2, -0.15) is 0 Å². The normalized spacial score (nSPS) is 12.2. The van der Waals surface area contributed by atoms with Gasteiger partial charge in [-0.05, 0) is 24.6 Å². The third-order valence-corrected chi connectivity index (χ3v) is 3.31. The summed E-state index contributed by atoms with van der Waals surface area (Å²) in [7, 11) is 0. The molecule has 1 aromatic rings. The van der Waals surface area contributed by atoms with E-state index in [4.69, 9.17) is 11.6 Å². The van der Waals surface area contributed by atoms with Gasteiger partial charge in [0.25, 0.3) is 5.91 Å². The first kappa shape index (κ1) is 13.3. The number of phenolic OH excluding ortho intramolecular Hbond substituents is 1. The zero-order chi connectivity index (χ0) is 12.1. The number of hydrogen-bond donors (Lipinski definition) is 2. The molecular weight excluding hydrogens is 293 g/mol. The molecule has 0 aliphatic heterocycles. The summed E-state index contributed by atoms with van der Waals surface area (Å²) in [4.78, 5) is 11.8. The van der Waals surface area contributed by atoms with Gasteiger partial charge in [0.1, 0.15) is 5.75 Å². The lowest BCUT2D eigenvalue weighted by atomic mass is 10.2. The van der Waals surface area contributed by atoms with Gasteiger partial charge in [-0.3, -0.25) is 4.79 Å². The van der Waals surface area contributed by atoms with Crippen molar-refractivity contribution in [2.24, 2.45) is 0 Å². The zero-order valence-electron chi connectivity index (χ0n) is 8.84. The molecule has 0 radical (unpaired) electrons. The molecule has 16 heavy (non-hydrogen) atoms. The molecule has 0 bridgehead atoms. The predicted molar refractivity (Wildman–Crippen MR) is 68.5 cm³/mol. The highest BCUT2D eigenvalue weighted by Gasteiger charge is 2.12. The lowest BCUT2D eigenvalue weighted by molar-refractivity contribution is 0.0940. The van der Waals surface area contributed by atoms with E-state index < -0.39 is 0 Å². The number of amides is 1. The monoisotopic (exact) mass is 305 g/mol. The standard InChI is InChI=1S/C11H13BrClNO2/c1-2-8(6-12)14-11(16)7-3-4-10(15)9(13)5-7/h3-5,8,15H,2,6H2,1H3,(H,14,16). The van der Waals surface area contributed by atoms with Crippen LogP contribution >= 0.6 is 27.5 Å². The van der Waals surface area contributed by atoms with Crippen LogP contribution in [0.3, 0.4) is 0 Å². The third-order valence-electron chi connectivity index (χ3n) is 2.22. The number of alkyl halides is 1. The van der Waals surface area contributed by atoms with Crippen LogP contribution in [0.4, 0.5) is 0 Å². The quantitative estimate of drug-likeness (QED) is 0.840. The molecule has 1 amide bonds. The Hall–Kier alpha value is -0.740. The van der Waals surface area contributed by atoms with Crippen molar-refractivity contribution in [2.45, 2.75) is 19.4 Å². The van der Waals surface area contributed by atoms with Gasteiger partial charge in [0.05, 0.1) is 5.02 Å². The first-order valence-corrected chi connectivity index (χ1v) is 6.43. The average Bonchev–Trinajstić information content (AvgIpc) is 2.29. The SMILES string of the molecule is CCC(CBr)NC(=O)c1ccc(O)c(Cl)c1. The van der Waals surface area contributed by atoms with Crippen LogP contribution in [0.2, 0.25) is 5.02 Å². The maximum absolute atomic E-state index is 11.8. The Morgan fingerprint density at radius 1 is 1.62 bits per heavy atom. The van der Waals surface area contributed by atoms with E-state index in [2.05, 4.69) is 21.2 Å². The summed E-state index contributed by atoms with van der Waals surface area (Å²) in [5, 5.41) is 13.0. The summed E-state index contributed by atoms with van der Waals surface area (Å²) < 4.78 is 0. The van der Waals surface area contributed by atoms with Gasteiger partial charge < -0.3 is 10.4 Å². The minimum atomic E-state index is -0.187. The van der Waals surface area contributed by atoms with E-state index in [0.29, 0.717) is 10.9 Å². The lowest BCUT2D eigenvalue weighted by Crippen LogP contribution is -2.35. The van der Waals surface area contributed by atoms with E-state index in [0.717, 1.165) is 6.42 Å². The summed E-state index contributed by atoms with van der Waals surface area (Å²) in [6.45, 7) is 2.00. The second-order valence-corrected chi connectivity index (χ2v) is 4.45. The number of hydrogen-bond acceptors (Lipinski definition) is 2. The molecule has 0 fully saturated rings. The van der Waals surface area contributed by atoms with Crippen LogP contribution < -0.4 is 5.32 Å². The maximum Gasteiger partial charge on any atom is 0.251 e. The minimum absolute atomic E-state index is 0.0225. The van der Waals surface area contributed by atoms with Crippen LogP contribution in [-0.2, 0) is 0 Å². The first-order valence-electron chi connectivity index (χ1n) is 4.93. The fourth-order valence-electron chi connectivity index (χ4n) is 1.17. The van der Waals surface area contributed by atoms with E-state index in [1.807, 2.05) is 6.92 Å². The third kappa shape index (κ3) is 3.39. The summed E-state index contributed by atoms with van der Waals surface area (Å²) in [5.41, 5.74) is 0.446. The molecule has 3 nitrogen and oxygen atoms in total. The van der Waals surface area contributed by atoms with Gasteiger partial charge in [0.15, 0.2) is 0 Å². The number of nitrogens with one attached hydrogen (secondary N) is 1. The Bertz CT molecular complexity index is 380. The molecular formula is C11H13BrClNO2.